The van der Waals surface area contributed by atoms with Crippen molar-refractivity contribution in [3.8, 4) is 0 Å². The number of carbonyl (C=O) groups is 1. The van der Waals surface area contributed by atoms with Crippen LogP contribution in [0.3, 0.4) is 0 Å². The van der Waals surface area contributed by atoms with Gasteiger partial charge >= 0.3 is 5.97 Å². The minimum Gasteiger partial charge on any atom is -0.480 e. The molecule has 1 aromatic rings. The van der Waals surface area contributed by atoms with Crippen LogP contribution in [0.2, 0.25) is 0 Å². The molecule has 3 nitrogen and oxygen atoms in total. The second-order valence-electron chi connectivity index (χ2n) is 7.78. The van der Waals surface area contributed by atoms with Crippen molar-refractivity contribution >= 4 is 11.7 Å². The maximum Gasteiger partial charge on any atom is 0.326 e. The molecule has 2 atom stereocenters. The van der Waals surface area contributed by atoms with Crippen molar-refractivity contribution in [1.29, 1.82) is 0 Å². The Morgan fingerprint density at radius 2 is 1.96 bits per heavy atom. The number of anilines is 1. The van der Waals surface area contributed by atoms with E-state index in [1.807, 2.05) is 0 Å². The molecule has 0 fully saturated rings. The third-order valence-corrected chi connectivity index (χ3v) is 5.32. The van der Waals surface area contributed by atoms with Crippen molar-refractivity contribution in [1.82, 2.24) is 0 Å². The van der Waals surface area contributed by atoms with Crippen molar-refractivity contribution in [2.75, 3.05) is 4.90 Å². The molecule has 0 saturated carbocycles. The van der Waals surface area contributed by atoms with Crippen LogP contribution >= 0.6 is 0 Å². The summed E-state index contributed by atoms with van der Waals surface area (Å²) in [7, 11) is 0. The van der Waals surface area contributed by atoms with Gasteiger partial charge in [0.15, 0.2) is 0 Å². The smallest absolute Gasteiger partial charge is 0.326 e. The first-order valence-corrected chi connectivity index (χ1v) is 8.82. The van der Waals surface area contributed by atoms with Crippen LogP contribution in [0, 0.1) is 13.8 Å². The number of benzene rings is 1. The molecule has 0 spiro atoms. The molecule has 23 heavy (non-hydrogen) atoms. The molecule has 0 aliphatic carbocycles. The number of nitrogens with zero attached hydrogens (tertiary/aromatic N) is 1. The Bertz CT molecular complexity index is 592. The molecule has 0 aromatic heterocycles. The monoisotopic (exact) mass is 317 g/mol. The summed E-state index contributed by atoms with van der Waals surface area (Å²) < 4.78 is 0. The van der Waals surface area contributed by atoms with E-state index in [2.05, 4.69) is 58.6 Å². The van der Waals surface area contributed by atoms with Gasteiger partial charge in [0, 0.05) is 11.2 Å². The Morgan fingerprint density at radius 1 is 1.35 bits per heavy atom. The van der Waals surface area contributed by atoms with Gasteiger partial charge in [-0.3, -0.25) is 0 Å². The average molecular weight is 317 g/mol. The summed E-state index contributed by atoms with van der Waals surface area (Å²) >= 11 is 0. The molecule has 1 heterocycles. The molecule has 0 saturated heterocycles. The molecule has 0 unspecified atom stereocenters. The summed E-state index contributed by atoms with van der Waals surface area (Å²) in [6.45, 7) is 13.0. The number of carboxylic acids is 1. The Hall–Kier alpha value is -1.51. The van der Waals surface area contributed by atoms with Crippen molar-refractivity contribution in [2.24, 2.45) is 0 Å². The molecule has 0 amide bonds. The van der Waals surface area contributed by atoms with Gasteiger partial charge in [0.1, 0.15) is 6.04 Å². The lowest BCUT2D eigenvalue weighted by Gasteiger charge is -2.50. The van der Waals surface area contributed by atoms with Crippen LogP contribution in [-0.2, 0) is 4.79 Å². The summed E-state index contributed by atoms with van der Waals surface area (Å²) in [5.74, 6) is -0.249. The van der Waals surface area contributed by atoms with Gasteiger partial charge in [-0.1, -0.05) is 32.8 Å². The van der Waals surface area contributed by atoms with E-state index < -0.39 is 12.0 Å². The average Bonchev–Trinajstić information content (AvgIpc) is 2.43. The summed E-state index contributed by atoms with van der Waals surface area (Å²) in [5, 5.41) is 9.86. The molecule has 0 bridgehead atoms. The lowest BCUT2D eigenvalue weighted by molar-refractivity contribution is -0.139. The standard InChI is InChI=1S/C20H31NO2/c1-7-8-9-17(19(22)23)21-18-11-14(3)13(2)10-16(18)15(4)12-20(21,5)6/h10-11,15,17H,7-9,12H2,1-6H3,(H,22,23)/t15-,17-/m1/s1. The minimum absolute atomic E-state index is 0.148. The lowest BCUT2D eigenvalue weighted by atomic mass is 9.77. The fraction of sp³-hybridized carbons (Fsp3) is 0.650. The first-order chi connectivity index (χ1) is 10.7. The SMILES string of the molecule is CCCC[C@H](C(=O)O)N1c2cc(C)c(C)cc2[C@H](C)CC1(C)C. The number of aryl methyl sites for hydroxylation is 2. The van der Waals surface area contributed by atoms with E-state index in [9.17, 15) is 9.90 Å². The van der Waals surface area contributed by atoms with Gasteiger partial charge in [0.2, 0.25) is 0 Å². The van der Waals surface area contributed by atoms with Crippen LogP contribution < -0.4 is 4.90 Å². The maximum atomic E-state index is 12.0. The number of rotatable bonds is 5. The highest BCUT2D eigenvalue weighted by Gasteiger charge is 2.42. The van der Waals surface area contributed by atoms with Crippen LogP contribution in [0.25, 0.3) is 0 Å². The first kappa shape index (κ1) is 17.8. The van der Waals surface area contributed by atoms with Crippen LogP contribution in [-0.4, -0.2) is 22.7 Å². The van der Waals surface area contributed by atoms with E-state index in [4.69, 9.17) is 0 Å². The molecule has 128 valence electrons. The summed E-state index contributed by atoms with van der Waals surface area (Å²) in [5.41, 5.74) is 4.80. The van der Waals surface area contributed by atoms with Gasteiger partial charge in [-0.2, -0.15) is 0 Å². The Labute approximate surface area is 140 Å². The third-order valence-electron chi connectivity index (χ3n) is 5.32. The van der Waals surface area contributed by atoms with E-state index in [1.54, 1.807) is 0 Å². The van der Waals surface area contributed by atoms with Crippen molar-refractivity contribution in [2.45, 2.75) is 84.7 Å². The normalized spacial score (nSPS) is 21.0. The first-order valence-electron chi connectivity index (χ1n) is 8.82. The Morgan fingerprint density at radius 3 is 2.52 bits per heavy atom. The fourth-order valence-electron chi connectivity index (χ4n) is 4.06. The maximum absolute atomic E-state index is 12.0. The van der Waals surface area contributed by atoms with E-state index in [1.165, 1.54) is 16.7 Å². The molecule has 1 N–H and O–H groups in total. The molecule has 1 aromatic carbocycles. The van der Waals surface area contributed by atoms with Gasteiger partial charge in [-0.15, -0.1) is 0 Å². The quantitative estimate of drug-likeness (QED) is 0.827. The number of aliphatic carboxylic acids is 1. The zero-order valence-electron chi connectivity index (χ0n) is 15.4. The molecule has 0 radical (unpaired) electrons. The number of fused-ring (bicyclic) bond motifs is 1. The number of unbranched alkanes of at least 4 members (excludes halogenated alkanes) is 1. The summed E-state index contributed by atoms with van der Waals surface area (Å²) in [6.07, 6.45) is 3.65. The second kappa shape index (κ2) is 6.54. The van der Waals surface area contributed by atoms with Crippen LogP contribution in [0.4, 0.5) is 5.69 Å². The van der Waals surface area contributed by atoms with E-state index >= 15 is 0 Å². The van der Waals surface area contributed by atoms with Crippen LogP contribution in [0.1, 0.15) is 76.0 Å². The predicted octanol–water partition coefficient (Wildman–Crippen LogP) is 5.04. The number of carboxylic acid groups (broad SMARTS) is 1. The lowest BCUT2D eigenvalue weighted by Crippen LogP contribution is -2.56. The van der Waals surface area contributed by atoms with Gasteiger partial charge in [-0.05, 0) is 69.2 Å². The topological polar surface area (TPSA) is 40.5 Å². The Balaban J connectivity index is 2.58. The molecule has 1 aliphatic heterocycles. The molecule has 2 rings (SSSR count). The zero-order valence-corrected chi connectivity index (χ0v) is 15.4. The second-order valence-corrected chi connectivity index (χ2v) is 7.78. The van der Waals surface area contributed by atoms with E-state index in [0.717, 1.165) is 24.9 Å². The molecular formula is C20H31NO2. The Kier molecular flexibility index (Phi) is 5.07. The van der Waals surface area contributed by atoms with Crippen LogP contribution in [0.5, 0.6) is 0 Å². The predicted molar refractivity (Wildman–Crippen MR) is 96.5 cm³/mol. The van der Waals surface area contributed by atoms with E-state index in [0.29, 0.717) is 12.3 Å². The summed E-state index contributed by atoms with van der Waals surface area (Å²) in [4.78, 5) is 14.2. The highest BCUT2D eigenvalue weighted by Crippen LogP contribution is 2.45. The minimum atomic E-state index is -0.703. The zero-order chi connectivity index (χ0) is 17.4. The molecule has 1 aliphatic rings. The molecular weight excluding hydrogens is 286 g/mol. The van der Waals surface area contributed by atoms with Gasteiger partial charge in [0.05, 0.1) is 0 Å². The summed E-state index contributed by atoms with van der Waals surface area (Å²) in [6, 6.07) is 4.01. The third kappa shape index (κ3) is 3.39. The van der Waals surface area contributed by atoms with E-state index in [-0.39, 0.29) is 5.54 Å². The highest BCUT2D eigenvalue weighted by molar-refractivity contribution is 5.80. The van der Waals surface area contributed by atoms with Gasteiger partial charge in [0.25, 0.3) is 0 Å². The van der Waals surface area contributed by atoms with Crippen molar-refractivity contribution < 1.29 is 9.90 Å². The van der Waals surface area contributed by atoms with Gasteiger partial charge < -0.3 is 10.0 Å². The largest absolute Gasteiger partial charge is 0.480 e. The van der Waals surface area contributed by atoms with Gasteiger partial charge in [-0.25, -0.2) is 4.79 Å². The van der Waals surface area contributed by atoms with Crippen LogP contribution in [0.15, 0.2) is 12.1 Å². The van der Waals surface area contributed by atoms with Crippen molar-refractivity contribution in [3.05, 3.63) is 28.8 Å². The fourth-order valence-corrected chi connectivity index (χ4v) is 4.06. The van der Waals surface area contributed by atoms with Crippen molar-refractivity contribution in [3.63, 3.8) is 0 Å². The number of hydrogen-bond donors (Lipinski definition) is 1. The number of hydrogen-bond acceptors (Lipinski definition) is 2. The highest BCUT2D eigenvalue weighted by atomic mass is 16.4. The molecule has 3 heteroatoms.